The van der Waals surface area contributed by atoms with Crippen LogP contribution in [0.2, 0.25) is 0 Å². The molecule has 6 aromatic carbocycles. The second kappa shape index (κ2) is 19.8. The molecule has 0 spiro atoms. The fraction of sp³-hybridized carbons (Fsp3) is 0.164. The maximum absolute atomic E-state index is 18.4. The number of aromatic nitrogens is 4. The van der Waals surface area contributed by atoms with E-state index in [1.54, 1.807) is 68.6 Å². The van der Waals surface area contributed by atoms with Crippen LogP contribution >= 0.6 is 0 Å². The van der Waals surface area contributed by atoms with E-state index in [4.69, 9.17) is 44.8 Å². The maximum Gasteiger partial charge on any atom is 0.339 e. The number of ether oxygens (including phenoxy) is 6. The smallest absolute Gasteiger partial charge is 0.339 e. The summed E-state index contributed by atoms with van der Waals surface area (Å²) in [4.78, 5) is 56.3. The third kappa shape index (κ3) is 8.75. The van der Waals surface area contributed by atoms with E-state index in [-0.39, 0.29) is 46.3 Å². The SMILES string of the molecule is C#C[C@]1(OC(=O)c2ccccc2)[C@H](n2cnc3c(OCC)nc(NC(c4ccccc4)(c4ccccc4)c4ccc(OC)cc4)nc32)O[C@](F)(COC(=O)c2ccccc2)[C@H]1OC(=O)c1ccccc1. The molecule has 2 aromatic heterocycles. The molecule has 0 saturated carbocycles. The Bertz CT molecular complexity index is 3120. The van der Waals surface area contributed by atoms with Crippen LogP contribution in [0.1, 0.15) is 60.9 Å². The first-order valence-corrected chi connectivity index (χ1v) is 22.1. The molecule has 70 heavy (non-hydrogen) atoms. The highest BCUT2D eigenvalue weighted by Gasteiger charge is 2.71. The van der Waals surface area contributed by atoms with Gasteiger partial charge < -0.3 is 33.7 Å². The summed E-state index contributed by atoms with van der Waals surface area (Å²) in [7, 11) is 1.58. The Morgan fingerprint density at radius 1 is 0.729 bits per heavy atom. The normalized spacial score (nSPS) is 18.5. The van der Waals surface area contributed by atoms with Gasteiger partial charge in [0.15, 0.2) is 24.0 Å². The molecule has 1 aliphatic heterocycles. The van der Waals surface area contributed by atoms with Crippen LogP contribution in [0.25, 0.3) is 11.2 Å². The highest BCUT2D eigenvalue weighted by Crippen LogP contribution is 2.51. The van der Waals surface area contributed by atoms with Gasteiger partial charge >= 0.3 is 17.9 Å². The van der Waals surface area contributed by atoms with Gasteiger partial charge in [-0.2, -0.15) is 9.97 Å². The molecule has 4 atom stereocenters. The Morgan fingerprint density at radius 3 is 1.77 bits per heavy atom. The minimum absolute atomic E-state index is 0.00201. The van der Waals surface area contributed by atoms with Crippen LogP contribution in [0.15, 0.2) is 182 Å². The quantitative estimate of drug-likeness (QED) is 0.0423. The van der Waals surface area contributed by atoms with Gasteiger partial charge in [-0.05, 0) is 78.1 Å². The predicted molar refractivity (Wildman–Crippen MR) is 256 cm³/mol. The third-order valence-corrected chi connectivity index (χ3v) is 11.8. The molecule has 1 saturated heterocycles. The number of esters is 3. The number of benzene rings is 6. The fourth-order valence-electron chi connectivity index (χ4n) is 8.43. The third-order valence-electron chi connectivity index (χ3n) is 11.8. The zero-order valence-electron chi connectivity index (χ0n) is 37.8. The van der Waals surface area contributed by atoms with E-state index >= 15 is 4.39 Å². The topological polar surface area (TPSA) is 162 Å². The lowest BCUT2D eigenvalue weighted by Gasteiger charge is -2.37. The van der Waals surface area contributed by atoms with Crippen LogP contribution in [-0.2, 0) is 24.5 Å². The van der Waals surface area contributed by atoms with Gasteiger partial charge in [0.2, 0.25) is 17.9 Å². The van der Waals surface area contributed by atoms with Crippen molar-refractivity contribution in [1.82, 2.24) is 19.5 Å². The Morgan fingerprint density at radius 2 is 1.24 bits per heavy atom. The number of halogens is 1. The van der Waals surface area contributed by atoms with Gasteiger partial charge in [0.25, 0.3) is 11.5 Å². The summed E-state index contributed by atoms with van der Waals surface area (Å²) in [5, 5.41) is 3.63. The van der Waals surface area contributed by atoms with E-state index in [0.29, 0.717) is 5.75 Å². The zero-order chi connectivity index (χ0) is 48.7. The summed E-state index contributed by atoms with van der Waals surface area (Å²) in [6.07, 6.45) is 3.43. The molecule has 9 rings (SSSR count). The van der Waals surface area contributed by atoms with Crippen molar-refractivity contribution >= 4 is 35.0 Å². The molecule has 1 N–H and O–H groups in total. The number of imidazole rings is 1. The van der Waals surface area contributed by atoms with Crippen molar-refractivity contribution < 1.29 is 47.2 Å². The number of nitrogens with one attached hydrogen (secondary N) is 1. The largest absolute Gasteiger partial charge is 0.497 e. The van der Waals surface area contributed by atoms with Crippen molar-refractivity contribution in [2.24, 2.45) is 0 Å². The minimum atomic E-state index is -3.31. The monoisotopic (exact) mass is 937 g/mol. The molecule has 0 bridgehead atoms. The first-order chi connectivity index (χ1) is 34.1. The Kier molecular flexibility index (Phi) is 13.1. The van der Waals surface area contributed by atoms with Crippen molar-refractivity contribution in [2.75, 3.05) is 25.6 Å². The molecule has 350 valence electrons. The second-order valence-electron chi connectivity index (χ2n) is 16.0. The molecule has 0 aliphatic carbocycles. The summed E-state index contributed by atoms with van der Waals surface area (Å²) >= 11 is 0. The number of methoxy groups -OCH3 is 1. The van der Waals surface area contributed by atoms with Gasteiger partial charge in [0.05, 0.1) is 36.7 Å². The number of nitrogens with zero attached hydrogens (tertiary/aromatic N) is 4. The van der Waals surface area contributed by atoms with Gasteiger partial charge in [-0.15, -0.1) is 6.42 Å². The minimum Gasteiger partial charge on any atom is -0.497 e. The zero-order valence-corrected chi connectivity index (χ0v) is 37.8. The molecular formula is C55H44FN5O9. The second-order valence-corrected chi connectivity index (χ2v) is 16.0. The van der Waals surface area contributed by atoms with E-state index in [0.717, 1.165) is 16.7 Å². The Labute approximate surface area is 402 Å². The lowest BCUT2D eigenvalue weighted by molar-refractivity contribution is -0.207. The van der Waals surface area contributed by atoms with Crippen LogP contribution in [0, 0.1) is 12.3 Å². The van der Waals surface area contributed by atoms with Crippen LogP contribution in [0.5, 0.6) is 11.6 Å². The number of fused-ring (bicyclic) bond motifs is 1. The lowest BCUT2D eigenvalue weighted by atomic mass is 9.77. The number of hydrogen-bond donors (Lipinski definition) is 1. The number of anilines is 1. The summed E-state index contributed by atoms with van der Waals surface area (Å²) in [6.45, 7) is 0.716. The summed E-state index contributed by atoms with van der Waals surface area (Å²) < 4.78 is 55.4. The number of rotatable bonds is 16. The molecule has 0 amide bonds. The summed E-state index contributed by atoms with van der Waals surface area (Å²) in [5.41, 5.74) is -1.33. The highest BCUT2D eigenvalue weighted by atomic mass is 19.2. The Hall–Kier alpha value is -8.87. The first kappa shape index (κ1) is 46.2. The van der Waals surface area contributed by atoms with E-state index in [2.05, 4.69) is 16.2 Å². The molecule has 0 unspecified atom stereocenters. The van der Waals surface area contributed by atoms with Gasteiger partial charge in [-0.1, -0.05) is 127 Å². The highest BCUT2D eigenvalue weighted by molar-refractivity contribution is 5.91. The van der Waals surface area contributed by atoms with Gasteiger partial charge in [-0.25, -0.2) is 23.8 Å². The van der Waals surface area contributed by atoms with Crippen molar-refractivity contribution in [1.29, 1.82) is 0 Å². The molecule has 1 aliphatic rings. The van der Waals surface area contributed by atoms with E-state index in [9.17, 15) is 14.4 Å². The van der Waals surface area contributed by atoms with Gasteiger partial charge in [0.1, 0.15) is 11.3 Å². The molecule has 15 heteroatoms. The molecule has 8 aromatic rings. The number of hydrogen-bond acceptors (Lipinski definition) is 13. The average Bonchev–Trinajstić information content (AvgIpc) is 3.94. The van der Waals surface area contributed by atoms with Crippen LogP contribution in [0.3, 0.4) is 0 Å². The molecule has 0 radical (unpaired) electrons. The number of carbonyl (C=O) groups excluding carboxylic acids is 3. The predicted octanol–water partition coefficient (Wildman–Crippen LogP) is 9.14. The van der Waals surface area contributed by atoms with Crippen LogP contribution in [0.4, 0.5) is 10.3 Å². The van der Waals surface area contributed by atoms with Crippen molar-refractivity contribution in [3.8, 4) is 24.0 Å². The average molecular weight is 938 g/mol. The van der Waals surface area contributed by atoms with E-state index in [1.807, 2.05) is 84.9 Å². The number of alkyl halides is 1. The number of terminal acetylenes is 1. The van der Waals surface area contributed by atoms with Crippen LogP contribution < -0.4 is 14.8 Å². The van der Waals surface area contributed by atoms with Gasteiger partial charge in [0, 0.05) is 0 Å². The fourth-order valence-corrected chi connectivity index (χ4v) is 8.43. The molecular weight excluding hydrogens is 894 g/mol. The molecule has 3 heterocycles. The summed E-state index contributed by atoms with van der Waals surface area (Å²) in [5.74, 6) is -3.21. The maximum atomic E-state index is 18.4. The van der Waals surface area contributed by atoms with Crippen molar-refractivity contribution in [3.63, 3.8) is 0 Å². The Balaban J connectivity index is 1.24. The first-order valence-electron chi connectivity index (χ1n) is 22.1. The van der Waals surface area contributed by atoms with E-state index < -0.39 is 53.8 Å². The van der Waals surface area contributed by atoms with Gasteiger partial charge in [-0.3, -0.25) is 4.57 Å². The molecule has 1 fully saturated rings. The van der Waals surface area contributed by atoms with Crippen molar-refractivity contribution in [2.45, 2.75) is 36.3 Å². The van der Waals surface area contributed by atoms with Crippen LogP contribution in [-0.4, -0.2) is 75.3 Å². The number of carbonyl (C=O) groups is 3. The van der Waals surface area contributed by atoms with Crippen molar-refractivity contribution in [3.05, 3.63) is 216 Å². The standard InChI is InChI=1S/C55H44FN5O9/c1-4-53(69-49(64)39-25-15-8-16-26-39)50(68-48(63)38-23-13-7-14-24-38)54(56,35-67-47(62)37-21-11-6-12-22-37)70-51(53)61-36-57-44-45(61)58-52(59-46(44)66-5-2)60-55(40-27-17-9-18-28-40,41-29-19-10-20-30-41)42-31-33-43(65-3)34-32-42/h1,6-34,36,50-51H,5,35H2,2-3H3,(H,58,59,60)/t50-,51+,53+,54+/m0/s1. The summed E-state index contributed by atoms with van der Waals surface area (Å²) in [6, 6.07) is 50.3. The van der Waals surface area contributed by atoms with E-state index in [1.165, 1.54) is 47.3 Å². The lowest BCUT2D eigenvalue weighted by Crippen LogP contribution is -2.55. The molecule has 14 nitrogen and oxygen atoms in total.